The van der Waals surface area contributed by atoms with Gasteiger partial charge < -0.3 is 15.4 Å². The Morgan fingerprint density at radius 1 is 1.21 bits per heavy atom. The van der Waals surface area contributed by atoms with E-state index in [1.165, 1.54) is 19.3 Å². The maximum Gasteiger partial charge on any atom is 0.223 e. The third kappa shape index (κ3) is 5.38. The lowest BCUT2D eigenvalue weighted by Crippen LogP contribution is -2.40. The molecule has 0 saturated heterocycles. The normalized spacial score (nSPS) is 16.1. The Morgan fingerprint density at radius 2 is 1.83 bits per heavy atom. The smallest absolute Gasteiger partial charge is 0.223 e. The van der Waals surface area contributed by atoms with Gasteiger partial charge in [0.2, 0.25) is 5.91 Å². The van der Waals surface area contributed by atoms with Gasteiger partial charge >= 0.3 is 0 Å². The van der Waals surface area contributed by atoms with Crippen LogP contribution < -0.4 is 10.5 Å². The van der Waals surface area contributed by atoms with E-state index in [0.29, 0.717) is 19.5 Å². The summed E-state index contributed by atoms with van der Waals surface area (Å²) in [5, 5.41) is 0. The Balaban J connectivity index is 0.00000288. The van der Waals surface area contributed by atoms with Crippen LogP contribution in [0.4, 0.5) is 0 Å². The van der Waals surface area contributed by atoms with Crippen LogP contribution in [-0.4, -0.2) is 31.0 Å². The van der Waals surface area contributed by atoms with Gasteiger partial charge in [0.15, 0.2) is 0 Å². The molecule has 2 N–H and O–H groups in total. The van der Waals surface area contributed by atoms with Crippen molar-refractivity contribution in [1.29, 1.82) is 0 Å². The molecule has 2 rings (SSSR count). The number of carbonyl (C=O) groups is 1. The Hall–Kier alpha value is -1.26. The predicted molar refractivity (Wildman–Crippen MR) is 101 cm³/mol. The number of amides is 1. The van der Waals surface area contributed by atoms with Crippen LogP contribution in [0.1, 0.15) is 51.0 Å². The number of hydrogen-bond donors (Lipinski definition) is 1. The van der Waals surface area contributed by atoms with Crippen molar-refractivity contribution in [2.24, 2.45) is 11.1 Å². The number of benzene rings is 1. The number of halogens is 1. The summed E-state index contributed by atoms with van der Waals surface area (Å²) in [6.07, 6.45) is 6.46. The summed E-state index contributed by atoms with van der Waals surface area (Å²) < 4.78 is 5.18. The molecule has 5 heteroatoms. The first kappa shape index (κ1) is 20.8. The predicted octanol–water partition coefficient (Wildman–Crippen LogP) is 3.76. The van der Waals surface area contributed by atoms with Crippen LogP contribution in [0.25, 0.3) is 0 Å². The lowest BCUT2D eigenvalue weighted by Gasteiger charge is -2.37. The molecule has 24 heavy (non-hydrogen) atoms. The second kappa shape index (κ2) is 9.90. The largest absolute Gasteiger partial charge is 0.497 e. The molecule has 0 radical (unpaired) electrons. The highest BCUT2D eigenvalue weighted by Crippen LogP contribution is 2.38. The molecule has 4 nitrogen and oxygen atoms in total. The molecule has 1 aromatic carbocycles. The van der Waals surface area contributed by atoms with E-state index in [-0.39, 0.29) is 23.7 Å². The average molecular weight is 355 g/mol. The highest BCUT2D eigenvalue weighted by Gasteiger charge is 2.34. The summed E-state index contributed by atoms with van der Waals surface area (Å²) in [7, 11) is 1.66. The molecule has 0 atom stereocenters. The minimum Gasteiger partial charge on any atom is -0.497 e. The highest BCUT2D eigenvalue weighted by atomic mass is 35.5. The second-order valence-electron chi connectivity index (χ2n) is 6.70. The van der Waals surface area contributed by atoms with Crippen molar-refractivity contribution in [2.75, 3.05) is 20.2 Å². The van der Waals surface area contributed by atoms with Gasteiger partial charge in [0.25, 0.3) is 0 Å². The van der Waals surface area contributed by atoms with E-state index in [2.05, 4.69) is 0 Å². The lowest BCUT2D eigenvalue weighted by atomic mass is 9.71. The van der Waals surface area contributed by atoms with Gasteiger partial charge in [-0.05, 0) is 49.4 Å². The molecular formula is C19H31ClN2O2. The summed E-state index contributed by atoms with van der Waals surface area (Å²) in [5.41, 5.74) is 7.19. The van der Waals surface area contributed by atoms with Crippen LogP contribution in [0.2, 0.25) is 0 Å². The highest BCUT2D eigenvalue weighted by molar-refractivity contribution is 5.85. The Kier molecular flexibility index (Phi) is 8.57. The van der Waals surface area contributed by atoms with Crippen LogP contribution in [0.5, 0.6) is 5.75 Å². The fourth-order valence-electron chi connectivity index (χ4n) is 3.52. The Morgan fingerprint density at radius 3 is 2.33 bits per heavy atom. The second-order valence-corrected chi connectivity index (χ2v) is 6.70. The van der Waals surface area contributed by atoms with Crippen molar-refractivity contribution in [2.45, 2.75) is 52.0 Å². The van der Waals surface area contributed by atoms with Crippen LogP contribution in [0, 0.1) is 5.41 Å². The number of nitrogens with two attached hydrogens (primary N) is 1. The summed E-state index contributed by atoms with van der Waals surface area (Å²) in [6.45, 7) is 4.04. The fourth-order valence-corrected chi connectivity index (χ4v) is 3.52. The number of methoxy groups -OCH3 is 1. The van der Waals surface area contributed by atoms with E-state index < -0.39 is 0 Å². The van der Waals surface area contributed by atoms with Crippen LogP contribution in [0.3, 0.4) is 0 Å². The third-order valence-electron chi connectivity index (χ3n) is 5.14. The average Bonchev–Trinajstić information content (AvgIpc) is 2.60. The fraction of sp³-hybridized carbons (Fsp3) is 0.632. The van der Waals surface area contributed by atoms with E-state index >= 15 is 0 Å². The van der Waals surface area contributed by atoms with Crippen molar-refractivity contribution in [1.82, 2.24) is 4.90 Å². The van der Waals surface area contributed by atoms with Crippen molar-refractivity contribution in [3.05, 3.63) is 29.8 Å². The zero-order valence-electron chi connectivity index (χ0n) is 14.9. The molecule has 0 bridgehead atoms. The molecule has 1 saturated carbocycles. The molecular weight excluding hydrogens is 324 g/mol. The summed E-state index contributed by atoms with van der Waals surface area (Å²) in [6, 6.07) is 7.93. The number of carbonyl (C=O) groups excluding carboxylic acids is 1. The van der Waals surface area contributed by atoms with Gasteiger partial charge in [-0.15, -0.1) is 12.4 Å². The minimum absolute atomic E-state index is 0. The standard InChI is InChI=1S/C19H30N2O2.ClH/c1-3-21(14-16-7-9-17(23-2)10-8-16)18(22)13-19(15-20)11-5-4-6-12-19;/h7-10H,3-6,11-15,20H2,1-2H3;1H. The van der Waals surface area contributed by atoms with Crippen LogP contribution in [-0.2, 0) is 11.3 Å². The SMILES string of the molecule is CCN(Cc1ccc(OC)cc1)C(=O)CC1(CN)CCCCC1.Cl. The van der Waals surface area contributed by atoms with E-state index in [1.54, 1.807) is 7.11 Å². The molecule has 1 aliphatic carbocycles. The maximum absolute atomic E-state index is 12.8. The zero-order chi connectivity index (χ0) is 16.7. The molecule has 0 heterocycles. The lowest BCUT2D eigenvalue weighted by molar-refractivity contribution is -0.134. The van der Waals surface area contributed by atoms with Crippen molar-refractivity contribution >= 4 is 18.3 Å². The molecule has 0 unspecified atom stereocenters. The van der Waals surface area contributed by atoms with Crippen molar-refractivity contribution in [3.8, 4) is 5.75 Å². The first-order valence-corrected chi connectivity index (χ1v) is 8.73. The monoisotopic (exact) mass is 354 g/mol. The summed E-state index contributed by atoms with van der Waals surface area (Å²) >= 11 is 0. The van der Waals surface area contributed by atoms with E-state index in [1.807, 2.05) is 36.1 Å². The van der Waals surface area contributed by atoms with Gasteiger partial charge in [0.05, 0.1) is 7.11 Å². The van der Waals surface area contributed by atoms with Crippen LogP contribution >= 0.6 is 12.4 Å². The molecule has 1 aromatic rings. The van der Waals surface area contributed by atoms with Gasteiger partial charge in [0, 0.05) is 19.5 Å². The zero-order valence-corrected chi connectivity index (χ0v) is 15.7. The Bertz CT molecular complexity index is 499. The topological polar surface area (TPSA) is 55.6 Å². The van der Waals surface area contributed by atoms with E-state index in [9.17, 15) is 4.79 Å². The molecule has 1 amide bonds. The van der Waals surface area contributed by atoms with E-state index in [0.717, 1.165) is 30.7 Å². The van der Waals surface area contributed by atoms with Crippen LogP contribution in [0.15, 0.2) is 24.3 Å². The van der Waals surface area contributed by atoms with Gasteiger partial charge in [-0.25, -0.2) is 0 Å². The molecule has 0 aliphatic heterocycles. The van der Waals surface area contributed by atoms with Gasteiger partial charge in [0.1, 0.15) is 5.75 Å². The number of hydrogen-bond acceptors (Lipinski definition) is 3. The Labute approximate surface area is 152 Å². The van der Waals surface area contributed by atoms with Gasteiger partial charge in [-0.2, -0.15) is 0 Å². The molecule has 136 valence electrons. The number of rotatable bonds is 7. The molecule has 0 aromatic heterocycles. The first-order chi connectivity index (χ1) is 11.1. The van der Waals surface area contributed by atoms with Crippen molar-refractivity contribution < 1.29 is 9.53 Å². The summed E-state index contributed by atoms with van der Waals surface area (Å²) in [5.74, 6) is 1.07. The van der Waals surface area contributed by atoms with Gasteiger partial charge in [-0.1, -0.05) is 31.4 Å². The molecule has 1 fully saturated rings. The third-order valence-corrected chi connectivity index (χ3v) is 5.14. The molecule has 0 spiro atoms. The first-order valence-electron chi connectivity index (χ1n) is 8.73. The molecule has 1 aliphatic rings. The van der Waals surface area contributed by atoms with Gasteiger partial charge in [-0.3, -0.25) is 4.79 Å². The number of nitrogens with zero attached hydrogens (tertiary/aromatic N) is 1. The number of ether oxygens (including phenoxy) is 1. The van der Waals surface area contributed by atoms with Crippen molar-refractivity contribution in [3.63, 3.8) is 0 Å². The van der Waals surface area contributed by atoms with E-state index in [4.69, 9.17) is 10.5 Å². The summed E-state index contributed by atoms with van der Waals surface area (Å²) in [4.78, 5) is 14.7. The maximum atomic E-state index is 12.8. The minimum atomic E-state index is 0. The quantitative estimate of drug-likeness (QED) is 0.811.